The molecular formula is C19H31N5O3. The zero-order valence-electron chi connectivity index (χ0n) is 16.4. The van der Waals surface area contributed by atoms with Gasteiger partial charge in [0.1, 0.15) is 6.04 Å². The highest BCUT2D eigenvalue weighted by Gasteiger charge is 2.29. The molecule has 2 fully saturated rings. The molecule has 1 saturated heterocycles. The predicted octanol–water partition coefficient (Wildman–Crippen LogP) is 2.70. The Hall–Kier alpha value is -2.12. The lowest BCUT2D eigenvalue weighted by atomic mass is 9.95. The van der Waals surface area contributed by atoms with Crippen LogP contribution in [0.3, 0.4) is 0 Å². The van der Waals surface area contributed by atoms with Gasteiger partial charge in [-0.15, -0.1) is 0 Å². The van der Waals surface area contributed by atoms with Crippen LogP contribution in [0.15, 0.2) is 4.52 Å². The summed E-state index contributed by atoms with van der Waals surface area (Å²) >= 11 is 0. The number of rotatable bonds is 4. The van der Waals surface area contributed by atoms with Gasteiger partial charge < -0.3 is 20.1 Å². The van der Waals surface area contributed by atoms with Crippen molar-refractivity contribution in [2.24, 2.45) is 5.92 Å². The van der Waals surface area contributed by atoms with E-state index in [9.17, 15) is 9.59 Å². The molecule has 8 nitrogen and oxygen atoms in total. The number of nitrogens with zero attached hydrogens (tertiary/aromatic N) is 3. The number of piperidine rings is 1. The lowest BCUT2D eigenvalue weighted by Crippen LogP contribution is -2.48. The Balaban J connectivity index is 1.42. The van der Waals surface area contributed by atoms with E-state index >= 15 is 0 Å². The normalized spacial score (nSPS) is 20.7. The summed E-state index contributed by atoms with van der Waals surface area (Å²) in [6.45, 7) is 4.73. The molecule has 0 aromatic carbocycles. The predicted molar refractivity (Wildman–Crippen MR) is 99.9 cm³/mol. The number of likely N-dealkylation sites (tertiary alicyclic amines) is 1. The molecule has 1 aromatic heterocycles. The van der Waals surface area contributed by atoms with Gasteiger partial charge >= 0.3 is 6.03 Å². The maximum Gasteiger partial charge on any atom is 0.318 e. The minimum atomic E-state index is -0.338. The fourth-order valence-corrected chi connectivity index (χ4v) is 3.91. The molecule has 1 aliphatic heterocycles. The maximum absolute atomic E-state index is 12.6. The number of amides is 3. The highest BCUT2D eigenvalue weighted by Crippen LogP contribution is 2.21. The van der Waals surface area contributed by atoms with Gasteiger partial charge in [-0.1, -0.05) is 30.8 Å². The average molecular weight is 377 g/mol. The Labute approximate surface area is 160 Å². The smallest absolute Gasteiger partial charge is 0.318 e. The zero-order chi connectivity index (χ0) is 19.2. The number of carbonyl (C=O) groups is 2. The largest absolute Gasteiger partial charge is 0.353 e. The second-order valence-electron chi connectivity index (χ2n) is 7.81. The van der Waals surface area contributed by atoms with Crippen molar-refractivity contribution in [3.63, 3.8) is 0 Å². The highest BCUT2D eigenvalue weighted by atomic mass is 16.5. The molecule has 2 heterocycles. The number of urea groups is 1. The minimum Gasteiger partial charge on any atom is -0.353 e. The molecule has 0 radical (unpaired) electrons. The van der Waals surface area contributed by atoms with E-state index in [-0.39, 0.29) is 23.9 Å². The fraction of sp³-hybridized carbons (Fsp3) is 0.789. The first-order chi connectivity index (χ1) is 13.0. The van der Waals surface area contributed by atoms with E-state index in [2.05, 4.69) is 20.8 Å². The van der Waals surface area contributed by atoms with Crippen LogP contribution < -0.4 is 10.6 Å². The number of aryl methyl sites for hydroxylation is 1. The van der Waals surface area contributed by atoms with E-state index in [4.69, 9.17) is 4.52 Å². The Morgan fingerprint density at radius 3 is 2.37 bits per heavy atom. The first-order valence-electron chi connectivity index (χ1n) is 10.2. The van der Waals surface area contributed by atoms with Gasteiger partial charge in [-0.05, 0) is 39.5 Å². The molecule has 8 heteroatoms. The summed E-state index contributed by atoms with van der Waals surface area (Å²) < 4.78 is 5.10. The third-order valence-electron chi connectivity index (χ3n) is 5.61. The van der Waals surface area contributed by atoms with Crippen LogP contribution >= 0.6 is 0 Å². The number of nitrogens with one attached hydrogen (secondary N) is 2. The van der Waals surface area contributed by atoms with Crippen LogP contribution in [0.4, 0.5) is 4.79 Å². The van der Waals surface area contributed by atoms with Gasteiger partial charge in [0.2, 0.25) is 11.8 Å². The number of hydrogen-bond donors (Lipinski definition) is 2. The summed E-state index contributed by atoms with van der Waals surface area (Å²) in [7, 11) is 0. The van der Waals surface area contributed by atoms with Gasteiger partial charge in [-0.25, -0.2) is 4.79 Å². The molecule has 3 amide bonds. The summed E-state index contributed by atoms with van der Waals surface area (Å²) in [5.41, 5.74) is 0. The Morgan fingerprint density at radius 1 is 1.11 bits per heavy atom. The van der Waals surface area contributed by atoms with Gasteiger partial charge in [0.05, 0.1) is 0 Å². The fourth-order valence-electron chi connectivity index (χ4n) is 3.91. The summed E-state index contributed by atoms with van der Waals surface area (Å²) in [6.07, 6.45) is 8.59. The molecule has 0 bridgehead atoms. The van der Waals surface area contributed by atoms with Crippen molar-refractivity contribution in [1.29, 1.82) is 0 Å². The molecule has 0 spiro atoms. The first-order valence-corrected chi connectivity index (χ1v) is 10.2. The van der Waals surface area contributed by atoms with Crippen LogP contribution in [0.1, 0.15) is 76.0 Å². The quantitative estimate of drug-likeness (QED) is 0.786. The van der Waals surface area contributed by atoms with Crippen molar-refractivity contribution in [3.05, 3.63) is 11.7 Å². The summed E-state index contributed by atoms with van der Waals surface area (Å²) in [5.74, 6) is 1.12. The molecule has 1 aliphatic carbocycles. The van der Waals surface area contributed by atoms with Crippen LogP contribution in [0, 0.1) is 12.8 Å². The van der Waals surface area contributed by atoms with Crippen LogP contribution in [-0.4, -0.2) is 46.1 Å². The lowest BCUT2D eigenvalue weighted by Gasteiger charge is -2.32. The van der Waals surface area contributed by atoms with Gasteiger partial charge in [-0.3, -0.25) is 4.79 Å². The second-order valence-corrected chi connectivity index (χ2v) is 7.81. The molecule has 3 rings (SSSR count). The Bertz CT molecular complexity index is 631. The zero-order valence-corrected chi connectivity index (χ0v) is 16.4. The molecule has 27 heavy (non-hydrogen) atoms. The van der Waals surface area contributed by atoms with Gasteiger partial charge in [0.25, 0.3) is 0 Å². The van der Waals surface area contributed by atoms with E-state index in [1.54, 1.807) is 11.8 Å². The van der Waals surface area contributed by atoms with Crippen molar-refractivity contribution in [3.8, 4) is 0 Å². The lowest BCUT2D eigenvalue weighted by molar-refractivity contribution is -0.127. The standard InChI is InChI=1S/C19H31N5O3/c1-13(18-21-14(2)23-27-18)20-19(26)24-11-9-15(10-12-24)17(25)22-16-7-5-3-4-6-8-16/h13,15-16H,3-12H2,1-2H3,(H,20,26)(H,22,25)/t13-/m1/s1. The van der Waals surface area contributed by atoms with Crippen molar-refractivity contribution in [2.45, 2.75) is 77.3 Å². The molecule has 2 aliphatic rings. The van der Waals surface area contributed by atoms with Crippen LogP contribution in [0.2, 0.25) is 0 Å². The summed E-state index contributed by atoms with van der Waals surface area (Å²) in [6, 6.07) is -0.157. The minimum absolute atomic E-state index is 0.00770. The molecule has 1 atom stereocenters. The third kappa shape index (κ3) is 5.43. The van der Waals surface area contributed by atoms with Crippen LogP contribution in [0.25, 0.3) is 0 Å². The highest BCUT2D eigenvalue weighted by molar-refractivity contribution is 5.80. The van der Waals surface area contributed by atoms with Crippen molar-refractivity contribution in [2.75, 3.05) is 13.1 Å². The van der Waals surface area contributed by atoms with E-state index in [1.165, 1.54) is 25.7 Å². The average Bonchev–Trinajstić information content (AvgIpc) is 2.94. The molecular weight excluding hydrogens is 346 g/mol. The molecule has 150 valence electrons. The number of carbonyl (C=O) groups excluding carboxylic acids is 2. The Morgan fingerprint density at radius 2 is 1.78 bits per heavy atom. The monoisotopic (exact) mass is 377 g/mol. The van der Waals surface area contributed by atoms with E-state index < -0.39 is 0 Å². The third-order valence-corrected chi connectivity index (χ3v) is 5.61. The first kappa shape index (κ1) is 19.6. The summed E-state index contributed by atoms with van der Waals surface area (Å²) in [5, 5.41) is 9.87. The van der Waals surface area contributed by atoms with Crippen molar-refractivity contribution in [1.82, 2.24) is 25.7 Å². The molecule has 0 unspecified atom stereocenters. The maximum atomic E-state index is 12.6. The van der Waals surface area contributed by atoms with Crippen molar-refractivity contribution >= 4 is 11.9 Å². The molecule has 2 N–H and O–H groups in total. The second kappa shape index (κ2) is 9.19. The Kier molecular flexibility index (Phi) is 6.68. The van der Waals surface area contributed by atoms with Gasteiger partial charge in [-0.2, -0.15) is 4.98 Å². The molecule has 1 saturated carbocycles. The SMILES string of the molecule is Cc1noc([C@@H](C)NC(=O)N2CCC(C(=O)NC3CCCCCC3)CC2)n1. The summed E-state index contributed by atoms with van der Waals surface area (Å²) in [4.78, 5) is 30.9. The van der Waals surface area contributed by atoms with E-state index in [1.807, 2.05) is 6.92 Å². The van der Waals surface area contributed by atoms with E-state index in [0.717, 1.165) is 12.8 Å². The molecule has 1 aromatic rings. The van der Waals surface area contributed by atoms with Crippen LogP contribution in [0.5, 0.6) is 0 Å². The van der Waals surface area contributed by atoms with Gasteiger partial charge in [0.15, 0.2) is 5.82 Å². The van der Waals surface area contributed by atoms with Crippen molar-refractivity contribution < 1.29 is 14.1 Å². The van der Waals surface area contributed by atoms with Crippen LogP contribution in [-0.2, 0) is 4.79 Å². The topological polar surface area (TPSA) is 100 Å². The number of aromatic nitrogens is 2. The van der Waals surface area contributed by atoms with Gasteiger partial charge in [0, 0.05) is 25.0 Å². The van der Waals surface area contributed by atoms with E-state index in [0.29, 0.717) is 43.7 Å². The number of hydrogen-bond acceptors (Lipinski definition) is 5.